The lowest BCUT2D eigenvalue weighted by Gasteiger charge is -2.26. The first-order chi connectivity index (χ1) is 9.22. The molecule has 1 aliphatic rings. The molecule has 0 N–H and O–H groups in total. The van der Waals surface area contributed by atoms with E-state index in [1.54, 1.807) is 12.1 Å². The van der Waals surface area contributed by atoms with Gasteiger partial charge in [-0.25, -0.2) is 8.78 Å². The van der Waals surface area contributed by atoms with Gasteiger partial charge in [-0.15, -0.1) is 0 Å². The molecule has 1 saturated heterocycles. The van der Waals surface area contributed by atoms with E-state index in [1.807, 2.05) is 6.92 Å². The number of rotatable bonds is 5. The summed E-state index contributed by atoms with van der Waals surface area (Å²) in [5.41, 5.74) is 0.990. The Morgan fingerprint density at radius 1 is 1.00 bits per heavy atom. The Kier molecular flexibility index (Phi) is 5.32. The highest BCUT2D eigenvalue weighted by Crippen LogP contribution is 2.18. The second-order valence-electron chi connectivity index (χ2n) is 5.37. The van der Waals surface area contributed by atoms with Crippen molar-refractivity contribution in [3.8, 4) is 0 Å². The maximum absolute atomic E-state index is 13.8. The summed E-state index contributed by atoms with van der Waals surface area (Å²) in [5, 5.41) is 0. The van der Waals surface area contributed by atoms with Crippen molar-refractivity contribution >= 4 is 0 Å². The molecule has 0 unspecified atom stereocenters. The van der Waals surface area contributed by atoms with E-state index in [0.29, 0.717) is 24.0 Å². The average molecular weight is 267 g/mol. The van der Waals surface area contributed by atoms with E-state index in [4.69, 9.17) is 0 Å². The first kappa shape index (κ1) is 14.4. The van der Waals surface area contributed by atoms with Crippen molar-refractivity contribution in [1.82, 2.24) is 4.90 Å². The van der Waals surface area contributed by atoms with Crippen LogP contribution in [0.3, 0.4) is 0 Å². The highest BCUT2D eigenvalue weighted by Gasteiger charge is 2.13. The van der Waals surface area contributed by atoms with E-state index in [9.17, 15) is 8.78 Å². The van der Waals surface area contributed by atoms with Crippen molar-refractivity contribution in [1.29, 1.82) is 0 Å². The van der Waals surface area contributed by atoms with Gasteiger partial charge in [0.1, 0.15) is 0 Å². The molecule has 0 saturated carbocycles. The quantitative estimate of drug-likeness (QED) is 0.781. The number of likely N-dealkylation sites (tertiary alicyclic amines) is 1. The lowest BCUT2D eigenvalue weighted by molar-refractivity contribution is 0.226. The fourth-order valence-corrected chi connectivity index (χ4v) is 2.77. The Labute approximate surface area is 114 Å². The summed E-state index contributed by atoms with van der Waals surface area (Å²) in [7, 11) is 0. The van der Waals surface area contributed by atoms with Crippen molar-refractivity contribution in [2.45, 2.75) is 45.4 Å². The van der Waals surface area contributed by atoms with Gasteiger partial charge in [-0.1, -0.05) is 25.5 Å². The van der Waals surface area contributed by atoms with Gasteiger partial charge in [0.2, 0.25) is 0 Å². The van der Waals surface area contributed by atoms with Crippen LogP contribution in [0.4, 0.5) is 8.78 Å². The van der Waals surface area contributed by atoms with E-state index in [0.717, 1.165) is 26.1 Å². The number of hydrogen-bond acceptors (Lipinski definition) is 1. The third-order valence-corrected chi connectivity index (χ3v) is 3.99. The summed E-state index contributed by atoms with van der Waals surface area (Å²) in [5.74, 6) is -1.30. The summed E-state index contributed by atoms with van der Waals surface area (Å²) >= 11 is 0. The first-order valence-corrected chi connectivity index (χ1v) is 7.40. The van der Waals surface area contributed by atoms with Crippen LogP contribution in [0.1, 0.15) is 43.7 Å². The number of piperidine rings is 1. The highest BCUT2D eigenvalue weighted by atomic mass is 19.2. The SMILES string of the molecule is CCc1ccc(CCCN2CCCCC2)c(F)c1F. The third kappa shape index (κ3) is 3.75. The molecule has 1 fully saturated rings. The number of benzene rings is 1. The van der Waals surface area contributed by atoms with Crippen LogP contribution < -0.4 is 0 Å². The maximum atomic E-state index is 13.8. The molecule has 0 aromatic heterocycles. The largest absolute Gasteiger partial charge is 0.303 e. The molecule has 0 atom stereocenters. The fourth-order valence-electron chi connectivity index (χ4n) is 2.77. The standard InChI is InChI=1S/C16H23F2N/c1-2-13-8-9-14(16(18)15(13)17)7-6-12-19-10-4-3-5-11-19/h8-9H,2-7,10-12H2,1H3. The number of halogens is 2. The van der Waals surface area contributed by atoms with Crippen LogP contribution in [0.2, 0.25) is 0 Å². The van der Waals surface area contributed by atoms with Gasteiger partial charge in [0.05, 0.1) is 0 Å². The van der Waals surface area contributed by atoms with E-state index >= 15 is 0 Å². The van der Waals surface area contributed by atoms with Crippen LogP contribution in [0.15, 0.2) is 12.1 Å². The molecule has 1 aromatic carbocycles. The summed E-state index contributed by atoms with van der Waals surface area (Å²) in [6.07, 6.45) is 5.94. The Morgan fingerprint density at radius 3 is 2.32 bits per heavy atom. The Morgan fingerprint density at radius 2 is 1.63 bits per heavy atom. The van der Waals surface area contributed by atoms with Gasteiger partial charge >= 0.3 is 0 Å². The predicted molar refractivity (Wildman–Crippen MR) is 74.3 cm³/mol. The predicted octanol–water partition coefficient (Wildman–Crippen LogP) is 3.95. The van der Waals surface area contributed by atoms with E-state index < -0.39 is 11.6 Å². The molecule has 0 amide bonds. The van der Waals surface area contributed by atoms with Crippen molar-refractivity contribution < 1.29 is 8.78 Å². The van der Waals surface area contributed by atoms with Crippen LogP contribution in [0.25, 0.3) is 0 Å². The summed E-state index contributed by atoms with van der Waals surface area (Å²) in [6, 6.07) is 3.46. The van der Waals surface area contributed by atoms with Crippen LogP contribution >= 0.6 is 0 Å². The second-order valence-corrected chi connectivity index (χ2v) is 5.37. The highest BCUT2D eigenvalue weighted by molar-refractivity contribution is 5.26. The fraction of sp³-hybridized carbons (Fsp3) is 0.625. The normalized spacial score (nSPS) is 16.8. The molecule has 19 heavy (non-hydrogen) atoms. The van der Waals surface area contributed by atoms with E-state index in [-0.39, 0.29) is 0 Å². The topological polar surface area (TPSA) is 3.24 Å². The summed E-state index contributed by atoms with van der Waals surface area (Å²) in [4.78, 5) is 2.43. The first-order valence-electron chi connectivity index (χ1n) is 7.40. The average Bonchev–Trinajstić information content (AvgIpc) is 2.45. The van der Waals surface area contributed by atoms with Crippen molar-refractivity contribution in [2.75, 3.05) is 19.6 Å². The minimum atomic E-state index is -0.655. The smallest absolute Gasteiger partial charge is 0.162 e. The van der Waals surface area contributed by atoms with Gasteiger partial charge in [-0.2, -0.15) is 0 Å². The number of aryl methyl sites for hydroxylation is 2. The van der Waals surface area contributed by atoms with Crippen LogP contribution in [-0.4, -0.2) is 24.5 Å². The summed E-state index contributed by atoms with van der Waals surface area (Å²) < 4.78 is 27.5. The monoisotopic (exact) mass is 267 g/mol. The molecule has 2 rings (SSSR count). The van der Waals surface area contributed by atoms with Gasteiger partial charge in [0.25, 0.3) is 0 Å². The van der Waals surface area contributed by atoms with Crippen molar-refractivity contribution in [2.24, 2.45) is 0 Å². The van der Waals surface area contributed by atoms with Gasteiger partial charge in [0.15, 0.2) is 11.6 Å². The lowest BCUT2D eigenvalue weighted by Crippen LogP contribution is -2.30. The zero-order valence-electron chi connectivity index (χ0n) is 11.7. The van der Waals surface area contributed by atoms with Crippen molar-refractivity contribution in [3.63, 3.8) is 0 Å². The third-order valence-electron chi connectivity index (χ3n) is 3.99. The van der Waals surface area contributed by atoms with Gasteiger partial charge < -0.3 is 4.90 Å². The lowest BCUT2D eigenvalue weighted by atomic mass is 10.0. The molecular weight excluding hydrogens is 244 g/mol. The number of hydrogen-bond donors (Lipinski definition) is 0. The maximum Gasteiger partial charge on any atom is 0.162 e. The second kappa shape index (κ2) is 6.99. The Hall–Kier alpha value is -0.960. The molecular formula is C16H23F2N. The molecule has 1 heterocycles. The molecule has 3 heteroatoms. The Balaban J connectivity index is 1.87. The van der Waals surface area contributed by atoms with Crippen LogP contribution in [0.5, 0.6) is 0 Å². The minimum absolute atomic E-state index is 0.470. The van der Waals surface area contributed by atoms with E-state index in [2.05, 4.69) is 4.90 Å². The molecule has 1 nitrogen and oxygen atoms in total. The molecule has 106 valence electrons. The molecule has 1 aromatic rings. The van der Waals surface area contributed by atoms with Crippen LogP contribution in [0, 0.1) is 11.6 Å². The van der Waals surface area contributed by atoms with Gasteiger partial charge in [-0.05, 0) is 62.9 Å². The summed E-state index contributed by atoms with van der Waals surface area (Å²) in [6.45, 7) is 5.15. The molecule has 0 spiro atoms. The van der Waals surface area contributed by atoms with Gasteiger partial charge in [-0.3, -0.25) is 0 Å². The van der Waals surface area contributed by atoms with Gasteiger partial charge in [0, 0.05) is 0 Å². The van der Waals surface area contributed by atoms with E-state index in [1.165, 1.54) is 19.3 Å². The van der Waals surface area contributed by atoms with Crippen molar-refractivity contribution in [3.05, 3.63) is 34.9 Å². The molecule has 1 aliphatic heterocycles. The molecule has 0 bridgehead atoms. The zero-order valence-corrected chi connectivity index (χ0v) is 11.7. The molecule has 0 aliphatic carbocycles. The Bertz CT molecular complexity index is 411. The number of nitrogens with zero attached hydrogens (tertiary/aromatic N) is 1. The zero-order chi connectivity index (χ0) is 13.7. The molecule has 0 radical (unpaired) electrons. The van der Waals surface area contributed by atoms with Crippen LogP contribution in [-0.2, 0) is 12.8 Å². The minimum Gasteiger partial charge on any atom is -0.303 e.